The Labute approximate surface area is 127 Å². The van der Waals surface area contributed by atoms with E-state index in [4.69, 9.17) is 0 Å². The van der Waals surface area contributed by atoms with Crippen LogP contribution in [-0.2, 0) is 0 Å². The van der Waals surface area contributed by atoms with Gasteiger partial charge in [-0.05, 0) is 30.7 Å². The van der Waals surface area contributed by atoms with Crippen molar-refractivity contribution in [3.05, 3.63) is 71.4 Å². The second-order valence-corrected chi connectivity index (χ2v) is 6.23. The molecule has 2 aromatic carbocycles. The molecule has 0 fully saturated rings. The molecule has 0 bridgehead atoms. The molecule has 0 saturated carbocycles. The number of aryl methyl sites for hydroxylation is 1. The zero-order valence-corrected chi connectivity index (χ0v) is 13.2. The standard InChI is InChI=1S/C19H22N2/c1-15-10-12-17(13-11-15)20-21-18(19(2,3)4)14-16-8-6-5-7-9-16/h5-14H,1-4H3/b18-14+,21-20?. The van der Waals surface area contributed by atoms with Gasteiger partial charge in [0.25, 0.3) is 0 Å². The highest BCUT2D eigenvalue weighted by Crippen LogP contribution is 2.29. The lowest BCUT2D eigenvalue weighted by Crippen LogP contribution is -2.07. The summed E-state index contributed by atoms with van der Waals surface area (Å²) in [6.45, 7) is 8.51. The Balaban J connectivity index is 2.30. The largest absolute Gasteiger partial charge is 0.154 e. The lowest BCUT2D eigenvalue weighted by Gasteiger charge is -2.18. The molecule has 2 heteroatoms. The Bertz CT molecular complexity index is 630. The molecular formula is C19H22N2. The van der Waals surface area contributed by atoms with E-state index in [9.17, 15) is 0 Å². The van der Waals surface area contributed by atoms with Gasteiger partial charge in [0.2, 0.25) is 0 Å². The van der Waals surface area contributed by atoms with E-state index >= 15 is 0 Å². The number of nitrogens with zero attached hydrogens (tertiary/aromatic N) is 2. The van der Waals surface area contributed by atoms with Gasteiger partial charge >= 0.3 is 0 Å². The zero-order valence-electron chi connectivity index (χ0n) is 13.2. The maximum absolute atomic E-state index is 4.48. The van der Waals surface area contributed by atoms with E-state index in [1.165, 1.54) is 5.56 Å². The Morgan fingerprint density at radius 2 is 1.52 bits per heavy atom. The molecule has 0 radical (unpaired) electrons. The van der Waals surface area contributed by atoms with E-state index in [1.807, 2.05) is 42.5 Å². The van der Waals surface area contributed by atoms with Crippen molar-refractivity contribution in [1.29, 1.82) is 0 Å². The summed E-state index contributed by atoms with van der Waals surface area (Å²) in [6, 6.07) is 18.3. The predicted molar refractivity (Wildman–Crippen MR) is 89.6 cm³/mol. The number of rotatable bonds is 3. The summed E-state index contributed by atoms with van der Waals surface area (Å²) < 4.78 is 0. The maximum Gasteiger partial charge on any atom is 0.0857 e. The molecule has 0 atom stereocenters. The molecule has 108 valence electrons. The van der Waals surface area contributed by atoms with E-state index in [-0.39, 0.29) is 5.41 Å². The first kappa shape index (κ1) is 15.2. The van der Waals surface area contributed by atoms with Gasteiger partial charge in [-0.1, -0.05) is 68.8 Å². The third kappa shape index (κ3) is 4.67. The van der Waals surface area contributed by atoms with E-state index in [1.54, 1.807) is 0 Å². The minimum Gasteiger partial charge on any atom is -0.154 e. The summed E-state index contributed by atoms with van der Waals surface area (Å²) >= 11 is 0. The van der Waals surface area contributed by atoms with Gasteiger partial charge in [-0.3, -0.25) is 0 Å². The lowest BCUT2D eigenvalue weighted by atomic mass is 9.91. The van der Waals surface area contributed by atoms with Crippen LogP contribution in [0.2, 0.25) is 0 Å². The highest BCUT2D eigenvalue weighted by molar-refractivity contribution is 5.53. The fourth-order valence-corrected chi connectivity index (χ4v) is 1.83. The summed E-state index contributed by atoms with van der Waals surface area (Å²) in [6.07, 6.45) is 2.09. The first-order valence-electron chi connectivity index (χ1n) is 7.21. The minimum atomic E-state index is -0.0515. The molecule has 0 aliphatic rings. The summed E-state index contributed by atoms with van der Waals surface area (Å²) in [4.78, 5) is 0. The van der Waals surface area contributed by atoms with E-state index < -0.39 is 0 Å². The van der Waals surface area contributed by atoms with E-state index in [0.717, 1.165) is 16.9 Å². The molecular weight excluding hydrogens is 256 g/mol. The molecule has 0 spiro atoms. The van der Waals surface area contributed by atoms with Crippen molar-refractivity contribution in [3.8, 4) is 0 Å². The van der Waals surface area contributed by atoms with Crippen LogP contribution in [0, 0.1) is 12.3 Å². The van der Waals surface area contributed by atoms with E-state index in [2.05, 4.69) is 56.1 Å². The van der Waals surface area contributed by atoms with Crippen molar-refractivity contribution < 1.29 is 0 Å². The SMILES string of the molecule is Cc1ccc(N=N/C(=C/c2ccccc2)C(C)(C)C)cc1. The van der Waals surface area contributed by atoms with Crippen molar-refractivity contribution in [3.63, 3.8) is 0 Å². The van der Waals surface area contributed by atoms with Crippen LogP contribution in [0.25, 0.3) is 6.08 Å². The van der Waals surface area contributed by atoms with E-state index in [0.29, 0.717) is 0 Å². The number of allylic oxidation sites excluding steroid dienone is 1. The number of benzene rings is 2. The van der Waals surface area contributed by atoms with Crippen LogP contribution in [0.1, 0.15) is 31.9 Å². The molecule has 2 aromatic rings. The average Bonchev–Trinajstić information content (AvgIpc) is 2.45. The first-order valence-corrected chi connectivity index (χ1v) is 7.21. The maximum atomic E-state index is 4.48. The molecule has 0 heterocycles. The highest BCUT2D eigenvalue weighted by Gasteiger charge is 2.17. The van der Waals surface area contributed by atoms with Gasteiger partial charge in [0.1, 0.15) is 0 Å². The zero-order chi connectivity index (χ0) is 15.3. The smallest absolute Gasteiger partial charge is 0.0857 e. The number of azo groups is 1. The third-order valence-corrected chi connectivity index (χ3v) is 3.18. The Morgan fingerprint density at radius 3 is 2.10 bits per heavy atom. The third-order valence-electron chi connectivity index (χ3n) is 3.18. The van der Waals surface area contributed by atoms with Gasteiger partial charge in [0.15, 0.2) is 0 Å². The van der Waals surface area contributed by atoms with Crippen LogP contribution in [-0.4, -0.2) is 0 Å². The van der Waals surface area contributed by atoms with Crippen molar-refractivity contribution in [1.82, 2.24) is 0 Å². The molecule has 0 N–H and O–H groups in total. The fourth-order valence-electron chi connectivity index (χ4n) is 1.83. The van der Waals surface area contributed by atoms with Gasteiger partial charge in [-0.15, -0.1) is 0 Å². The van der Waals surface area contributed by atoms with Crippen molar-refractivity contribution in [2.24, 2.45) is 15.6 Å². The molecule has 2 nitrogen and oxygen atoms in total. The van der Waals surface area contributed by atoms with Gasteiger partial charge in [0, 0.05) is 5.41 Å². The summed E-state index contributed by atoms with van der Waals surface area (Å²) in [7, 11) is 0. The van der Waals surface area contributed by atoms with Crippen LogP contribution in [0.3, 0.4) is 0 Å². The molecule has 0 unspecified atom stereocenters. The van der Waals surface area contributed by atoms with Crippen molar-refractivity contribution in [2.75, 3.05) is 0 Å². The van der Waals surface area contributed by atoms with Crippen LogP contribution in [0.15, 0.2) is 70.5 Å². The molecule has 2 rings (SSSR count). The molecule has 0 saturated heterocycles. The second-order valence-electron chi connectivity index (χ2n) is 6.23. The minimum absolute atomic E-state index is 0.0515. The lowest BCUT2D eigenvalue weighted by molar-refractivity contribution is 0.497. The Kier molecular flexibility index (Phi) is 4.69. The van der Waals surface area contributed by atoms with Crippen LogP contribution < -0.4 is 0 Å². The van der Waals surface area contributed by atoms with Crippen LogP contribution in [0.4, 0.5) is 5.69 Å². The van der Waals surface area contributed by atoms with Gasteiger partial charge in [0.05, 0.1) is 11.4 Å². The molecule has 0 aliphatic heterocycles. The summed E-state index contributed by atoms with van der Waals surface area (Å²) in [5, 5.41) is 8.84. The predicted octanol–water partition coefficient (Wildman–Crippen LogP) is 6.17. The molecule has 21 heavy (non-hydrogen) atoms. The number of hydrogen-bond donors (Lipinski definition) is 0. The van der Waals surface area contributed by atoms with Crippen molar-refractivity contribution >= 4 is 11.8 Å². The van der Waals surface area contributed by atoms with Crippen LogP contribution in [0.5, 0.6) is 0 Å². The Morgan fingerprint density at radius 1 is 0.905 bits per heavy atom. The van der Waals surface area contributed by atoms with Gasteiger partial charge < -0.3 is 0 Å². The monoisotopic (exact) mass is 278 g/mol. The summed E-state index contributed by atoms with van der Waals surface area (Å²) in [5.41, 5.74) is 4.16. The highest BCUT2D eigenvalue weighted by atomic mass is 15.1. The van der Waals surface area contributed by atoms with Crippen LogP contribution >= 0.6 is 0 Å². The average molecular weight is 278 g/mol. The molecule has 0 aromatic heterocycles. The normalized spacial score (nSPS) is 12.9. The Hall–Kier alpha value is -2.22. The van der Waals surface area contributed by atoms with Crippen molar-refractivity contribution in [2.45, 2.75) is 27.7 Å². The van der Waals surface area contributed by atoms with Gasteiger partial charge in [-0.25, -0.2) is 0 Å². The quantitative estimate of drug-likeness (QED) is 0.600. The summed E-state index contributed by atoms with van der Waals surface area (Å²) in [5.74, 6) is 0. The molecule has 0 aliphatic carbocycles. The molecule has 0 amide bonds. The fraction of sp³-hybridized carbons (Fsp3) is 0.263. The number of hydrogen-bond acceptors (Lipinski definition) is 2. The topological polar surface area (TPSA) is 24.7 Å². The van der Waals surface area contributed by atoms with Gasteiger partial charge in [-0.2, -0.15) is 10.2 Å². The first-order chi connectivity index (χ1) is 9.95. The second kappa shape index (κ2) is 6.49.